The van der Waals surface area contributed by atoms with Gasteiger partial charge in [-0.15, -0.1) is 0 Å². The molecule has 0 unspecified atom stereocenters. The molecule has 0 spiro atoms. The number of ketones is 1. The van der Waals surface area contributed by atoms with E-state index in [1.807, 2.05) is 0 Å². The largest absolute Gasteiger partial charge is 0.497 e. The quantitative estimate of drug-likeness (QED) is 0.337. The van der Waals surface area contributed by atoms with Gasteiger partial charge in [0.2, 0.25) is 5.91 Å². The van der Waals surface area contributed by atoms with Crippen molar-refractivity contribution in [1.29, 1.82) is 0 Å². The molecule has 1 aliphatic rings. The second kappa shape index (κ2) is 10.4. The Morgan fingerprint density at radius 3 is 2.12 bits per heavy atom. The molecule has 1 amide bonds. The van der Waals surface area contributed by atoms with E-state index in [1.165, 1.54) is 4.90 Å². The number of methoxy groups -OCH3 is 1. The second-order valence-corrected chi connectivity index (χ2v) is 8.15. The number of rotatable bonds is 8. The number of carbonyl (C=O) groups is 3. The van der Waals surface area contributed by atoms with Crippen molar-refractivity contribution in [3.8, 4) is 17.2 Å². The van der Waals surface area contributed by atoms with Crippen LogP contribution in [0, 0.1) is 5.92 Å². The first-order valence-electron chi connectivity index (χ1n) is 10.6. The highest BCUT2D eigenvalue weighted by molar-refractivity contribution is 6.30. The third-order valence-electron chi connectivity index (χ3n) is 5.41. The van der Waals surface area contributed by atoms with Gasteiger partial charge in [-0.3, -0.25) is 14.4 Å². The molecule has 0 bridgehead atoms. The van der Waals surface area contributed by atoms with Crippen molar-refractivity contribution in [3.63, 3.8) is 0 Å². The molecule has 1 heterocycles. The van der Waals surface area contributed by atoms with Crippen LogP contribution >= 0.6 is 11.6 Å². The Hall–Kier alpha value is -3.84. The van der Waals surface area contributed by atoms with Crippen LogP contribution in [0.2, 0.25) is 5.02 Å². The molecule has 0 aromatic heterocycles. The number of anilines is 1. The Morgan fingerprint density at radius 1 is 0.912 bits per heavy atom. The van der Waals surface area contributed by atoms with E-state index in [4.69, 9.17) is 25.8 Å². The van der Waals surface area contributed by atoms with Crippen LogP contribution in [0.4, 0.5) is 5.69 Å². The first-order chi connectivity index (χ1) is 16.4. The normalized spacial score (nSPS) is 15.2. The first kappa shape index (κ1) is 23.3. The number of hydrogen-bond acceptors (Lipinski definition) is 6. The SMILES string of the molecule is COc1ccc(Oc2ccc(N3C[C@@H](C(=O)OCC(=O)c4ccc(Cl)cc4)CC3=O)cc2)cc1. The Morgan fingerprint density at radius 2 is 1.50 bits per heavy atom. The molecule has 1 atom stereocenters. The van der Waals surface area contributed by atoms with E-state index < -0.39 is 11.9 Å². The number of Topliss-reactive ketones (excluding diaryl/α,β-unsaturated/α-hetero) is 1. The molecule has 34 heavy (non-hydrogen) atoms. The van der Waals surface area contributed by atoms with Crippen LogP contribution in [0.15, 0.2) is 72.8 Å². The summed E-state index contributed by atoms with van der Waals surface area (Å²) in [5.41, 5.74) is 1.05. The van der Waals surface area contributed by atoms with Gasteiger partial charge in [0.1, 0.15) is 17.2 Å². The molecule has 0 saturated carbocycles. The maximum atomic E-state index is 12.5. The van der Waals surface area contributed by atoms with Crippen molar-refractivity contribution >= 4 is 34.9 Å². The number of benzene rings is 3. The highest BCUT2D eigenvalue weighted by atomic mass is 35.5. The van der Waals surface area contributed by atoms with Crippen LogP contribution in [-0.4, -0.2) is 37.9 Å². The molecule has 4 rings (SSSR count). The topological polar surface area (TPSA) is 82.1 Å². The van der Waals surface area contributed by atoms with Crippen LogP contribution in [0.25, 0.3) is 0 Å². The standard InChI is InChI=1S/C26H22ClNO6/c1-32-21-10-12-23(13-11-21)34-22-8-6-20(7-9-22)28-15-18(14-25(28)30)26(31)33-16-24(29)17-2-4-19(27)5-3-17/h2-13,18H,14-16H2,1H3/t18-/m0/s1. The second-order valence-electron chi connectivity index (χ2n) is 7.71. The van der Waals surface area contributed by atoms with Gasteiger partial charge in [-0.2, -0.15) is 0 Å². The van der Waals surface area contributed by atoms with Gasteiger partial charge < -0.3 is 19.1 Å². The molecule has 1 aliphatic heterocycles. The van der Waals surface area contributed by atoms with Gasteiger partial charge >= 0.3 is 5.97 Å². The zero-order valence-corrected chi connectivity index (χ0v) is 19.2. The highest BCUT2D eigenvalue weighted by Crippen LogP contribution is 2.29. The molecule has 174 valence electrons. The third kappa shape index (κ3) is 5.55. The average Bonchev–Trinajstić information content (AvgIpc) is 3.25. The lowest BCUT2D eigenvalue weighted by molar-refractivity contribution is -0.147. The van der Waals surface area contributed by atoms with Crippen molar-refractivity contribution in [2.45, 2.75) is 6.42 Å². The maximum absolute atomic E-state index is 12.5. The highest BCUT2D eigenvalue weighted by Gasteiger charge is 2.36. The van der Waals surface area contributed by atoms with Crippen LogP contribution < -0.4 is 14.4 Å². The summed E-state index contributed by atoms with van der Waals surface area (Å²) in [7, 11) is 1.60. The Kier molecular flexibility index (Phi) is 7.13. The van der Waals surface area contributed by atoms with Crippen molar-refractivity contribution in [3.05, 3.63) is 83.4 Å². The van der Waals surface area contributed by atoms with Gasteiger partial charge in [0.05, 0.1) is 13.0 Å². The predicted molar refractivity (Wildman–Crippen MR) is 127 cm³/mol. The monoisotopic (exact) mass is 479 g/mol. The smallest absolute Gasteiger partial charge is 0.311 e. The predicted octanol–water partition coefficient (Wildman–Crippen LogP) is 4.92. The van der Waals surface area contributed by atoms with Gasteiger partial charge in [-0.25, -0.2) is 0 Å². The van der Waals surface area contributed by atoms with E-state index in [0.717, 1.165) is 5.75 Å². The fourth-order valence-corrected chi connectivity index (χ4v) is 3.69. The van der Waals surface area contributed by atoms with E-state index >= 15 is 0 Å². The summed E-state index contributed by atoms with van der Waals surface area (Å²) >= 11 is 5.82. The molecule has 0 aliphatic carbocycles. The van der Waals surface area contributed by atoms with Crippen LogP contribution in [0.5, 0.6) is 17.2 Å². The molecule has 7 nitrogen and oxygen atoms in total. The number of carbonyl (C=O) groups excluding carboxylic acids is 3. The Bertz CT molecular complexity index is 1180. The molecule has 3 aromatic rings. The zero-order valence-electron chi connectivity index (χ0n) is 18.4. The lowest BCUT2D eigenvalue weighted by Crippen LogP contribution is -2.27. The minimum atomic E-state index is -0.638. The van der Waals surface area contributed by atoms with Crippen LogP contribution in [0.1, 0.15) is 16.8 Å². The van der Waals surface area contributed by atoms with Gasteiger partial charge in [0.15, 0.2) is 12.4 Å². The van der Waals surface area contributed by atoms with Crippen LogP contribution in [-0.2, 0) is 14.3 Å². The molecular formula is C26H22ClNO6. The number of esters is 1. The van der Waals surface area contributed by atoms with E-state index in [-0.39, 0.29) is 31.3 Å². The van der Waals surface area contributed by atoms with E-state index in [0.29, 0.717) is 27.8 Å². The van der Waals surface area contributed by atoms with Gasteiger partial charge in [0, 0.05) is 29.2 Å². The Labute approximate surface area is 201 Å². The summed E-state index contributed by atoms with van der Waals surface area (Å²) in [5, 5.41) is 0.512. The van der Waals surface area contributed by atoms with Gasteiger partial charge in [0.25, 0.3) is 0 Å². The summed E-state index contributed by atoms with van der Waals surface area (Å²) in [4.78, 5) is 38.7. The number of nitrogens with zero attached hydrogens (tertiary/aromatic N) is 1. The van der Waals surface area contributed by atoms with E-state index in [9.17, 15) is 14.4 Å². The average molecular weight is 480 g/mol. The summed E-state index contributed by atoms with van der Waals surface area (Å²) < 4.78 is 16.1. The lowest BCUT2D eigenvalue weighted by atomic mass is 10.1. The van der Waals surface area contributed by atoms with Crippen molar-refractivity contribution in [1.82, 2.24) is 0 Å². The summed E-state index contributed by atoms with van der Waals surface area (Å²) in [5.74, 6) is 0.267. The number of ether oxygens (including phenoxy) is 3. The number of amides is 1. The minimum absolute atomic E-state index is 0.0259. The molecule has 0 radical (unpaired) electrons. The molecule has 0 N–H and O–H groups in total. The lowest BCUT2D eigenvalue weighted by Gasteiger charge is -2.17. The van der Waals surface area contributed by atoms with Gasteiger partial charge in [-0.05, 0) is 72.8 Å². The van der Waals surface area contributed by atoms with Crippen molar-refractivity contribution < 1.29 is 28.6 Å². The fourth-order valence-electron chi connectivity index (χ4n) is 3.56. The summed E-state index contributed by atoms with van der Waals surface area (Å²) in [6, 6.07) is 20.5. The molecule has 1 saturated heterocycles. The summed E-state index contributed by atoms with van der Waals surface area (Å²) in [6.45, 7) is -0.200. The summed E-state index contributed by atoms with van der Waals surface area (Å²) in [6.07, 6.45) is 0.0259. The molecule has 8 heteroatoms. The minimum Gasteiger partial charge on any atom is -0.497 e. The third-order valence-corrected chi connectivity index (χ3v) is 5.67. The molecular weight excluding hydrogens is 458 g/mol. The number of hydrogen-bond donors (Lipinski definition) is 0. The van der Waals surface area contributed by atoms with Gasteiger partial charge in [-0.1, -0.05) is 11.6 Å². The van der Waals surface area contributed by atoms with E-state index in [2.05, 4.69) is 0 Å². The maximum Gasteiger partial charge on any atom is 0.311 e. The molecule has 1 fully saturated rings. The van der Waals surface area contributed by atoms with Crippen molar-refractivity contribution in [2.75, 3.05) is 25.2 Å². The number of halogens is 1. The van der Waals surface area contributed by atoms with Crippen LogP contribution in [0.3, 0.4) is 0 Å². The van der Waals surface area contributed by atoms with Crippen molar-refractivity contribution in [2.24, 2.45) is 5.92 Å². The molecule has 3 aromatic carbocycles. The zero-order chi connectivity index (χ0) is 24.1. The van der Waals surface area contributed by atoms with E-state index in [1.54, 1.807) is 79.9 Å². The first-order valence-corrected chi connectivity index (χ1v) is 11.0. The fraction of sp³-hybridized carbons (Fsp3) is 0.192. The Balaban J connectivity index is 1.32.